The molecule has 0 aliphatic rings. The Morgan fingerprint density at radius 1 is 0.545 bits per heavy atom. The van der Waals surface area contributed by atoms with Crippen molar-refractivity contribution in [2.75, 3.05) is 0 Å². The molecule has 0 aromatic rings. The first kappa shape index (κ1) is 20.5. The molecule has 0 aromatic heterocycles. The summed E-state index contributed by atoms with van der Waals surface area (Å²) in [7, 11) is 0. The lowest BCUT2D eigenvalue weighted by Gasteiger charge is -2.00. The van der Waals surface area contributed by atoms with E-state index in [1.807, 2.05) is 24.3 Å². The van der Waals surface area contributed by atoms with E-state index >= 15 is 0 Å². The van der Waals surface area contributed by atoms with Crippen LogP contribution in [0.25, 0.3) is 0 Å². The summed E-state index contributed by atoms with van der Waals surface area (Å²) in [6, 6.07) is 0. The highest BCUT2D eigenvalue weighted by molar-refractivity contribution is 5.17. The van der Waals surface area contributed by atoms with Crippen LogP contribution in [0.4, 0.5) is 0 Å². The summed E-state index contributed by atoms with van der Waals surface area (Å²) in [6.45, 7) is 2.27. The van der Waals surface area contributed by atoms with Crippen molar-refractivity contribution in [2.45, 2.75) is 71.1 Å². The average Bonchev–Trinajstić information content (AvgIpc) is 2.54. The van der Waals surface area contributed by atoms with Crippen molar-refractivity contribution in [3.63, 3.8) is 0 Å². The van der Waals surface area contributed by atoms with Gasteiger partial charge < -0.3 is 5.11 Å². The third-order valence-electron chi connectivity index (χ3n) is 3.47. The summed E-state index contributed by atoms with van der Waals surface area (Å²) in [5.74, 6) is 0. The zero-order chi connectivity index (χ0) is 16.1. The summed E-state index contributed by atoms with van der Waals surface area (Å²) in [5, 5.41) is 8.42. The number of hydrogen-bond donors (Lipinski definition) is 1. The fourth-order valence-corrected chi connectivity index (χ4v) is 2.18. The second-order valence-corrected chi connectivity index (χ2v) is 5.54. The second-order valence-electron chi connectivity index (χ2n) is 5.54. The zero-order valence-corrected chi connectivity index (χ0v) is 14.3. The minimum Gasteiger partial charge on any atom is -0.516 e. The number of aliphatic hydroxyl groups is 1. The fraction of sp³-hybridized carbons (Fsp3) is 0.524. The summed E-state index contributed by atoms with van der Waals surface area (Å²) < 4.78 is 0. The highest BCUT2D eigenvalue weighted by atomic mass is 16.2. The minimum absolute atomic E-state index is 1.02. The van der Waals surface area contributed by atoms with E-state index in [1.165, 1.54) is 64.2 Å². The van der Waals surface area contributed by atoms with Gasteiger partial charge in [-0.3, -0.25) is 0 Å². The summed E-state index contributed by atoms with van der Waals surface area (Å²) >= 11 is 0. The fourth-order valence-electron chi connectivity index (χ4n) is 2.18. The van der Waals surface area contributed by atoms with E-state index in [1.54, 1.807) is 12.2 Å². The summed E-state index contributed by atoms with van der Waals surface area (Å²) in [5.41, 5.74) is 0. The van der Waals surface area contributed by atoms with Crippen molar-refractivity contribution in [2.24, 2.45) is 0 Å². The maximum atomic E-state index is 8.42. The van der Waals surface area contributed by atoms with Crippen molar-refractivity contribution in [3.05, 3.63) is 60.9 Å². The Labute approximate surface area is 137 Å². The average molecular weight is 303 g/mol. The first-order valence-electron chi connectivity index (χ1n) is 8.87. The molecular formula is C21H34O. The van der Waals surface area contributed by atoms with E-state index in [0.29, 0.717) is 0 Å². The van der Waals surface area contributed by atoms with Gasteiger partial charge in [0, 0.05) is 0 Å². The Kier molecular flexibility index (Phi) is 18.2. The molecule has 0 aliphatic heterocycles. The lowest BCUT2D eigenvalue weighted by Crippen LogP contribution is -1.80. The van der Waals surface area contributed by atoms with Crippen LogP contribution in [0.3, 0.4) is 0 Å². The molecule has 0 fully saturated rings. The quantitative estimate of drug-likeness (QED) is 0.204. The van der Waals surface area contributed by atoms with E-state index in [2.05, 4.69) is 25.2 Å². The van der Waals surface area contributed by atoms with Crippen molar-refractivity contribution < 1.29 is 5.11 Å². The van der Waals surface area contributed by atoms with E-state index in [9.17, 15) is 0 Å². The Morgan fingerprint density at radius 2 is 1.00 bits per heavy atom. The largest absolute Gasteiger partial charge is 0.516 e. The summed E-state index contributed by atoms with van der Waals surface area (Å²) in [4.78, 5) is 0. The summed E-state index contributed by atoms with van der Waals surface area (Å²) in [6.07, 6.45) is 32.3. The van der Waals surface area contributed by atoms with Crippen molar-refractivity contribution in [1.82, 2.24) is 0 Å². The maximum Gasteiger partial charge on any atom is 0.0791 e. The van der Waals surface area contributed by atoms with Crippen LogP contribution in [0.5, 0.6) is 0 Å². The first-order chi connectivity index (χ1) is 10.9. The Bertz CT molecular complexity index is 345. The highest BCUT2D eigenvalue weighted by Crippen LogP contribution is 2.10. The molecule has 0 rings (SSSR count). The van der Waals surface area contributed by atoms with E-state index in [4.69, 9.17) is 5.11 Å². The molecule has 0 aromatic carbocycles. The second kappa shape index (κ2) is 19.5. The molecule has 0 radical (unpaired) electrons. The van der Waals surface area contributed by atoms with Crippen LogP contribution in [0.2, 0.25) is 0 Å². The number of allylic oxidation sites excluding steroid dienone is 9. The van der Waals surface area contributed by atoms with E-state index in [0.717, 1.165) is 6.26 Å². The van der Waals surface area contributed by atoms with Crippen LogP contribution in [0.1, 0.15) is 71.1 Å². The Hall–Kier alpha value is -1.50. The lowest BCUT2D eigenvalue weighted by molar-refractivity contribution is 0.474. The Balaban J connectivity index is 3.33. The molecule has 0 bridgehead atoms. The van der Waals surface area contributed by atoms with Gasteiger partial charge in [-0.15, -0.1) is 0 Å². The van der Waals surface area contributed by atoms with Gasteiger partial charge in [0.1, 0.15) is 0 Å². The number of aliphatic hydroxyl groups excluding tert-OH is 1. The first-order valence-corrected chi connectivity index (χ1v) is 8.87. The van der Waals surface area contributed by atoms with Crippen molar-refractivity contribution >= 4 is 0 Å². The van der Waals surface area contributed by atoms with Crippen LogP contribution >= 0.6 is 0 Å². The molecule has 0 saturated carbocycles. The van der Waals surface area contributed by atoms with Crippen molar-refractivity contribution in [1.29, 1.82) is 0 Å². The minimum atomic E-state index is 1.02. The van der Waals surface area contributed by atoms with Crippen LogP contribution in [-0.4, -0.2) is 5.11 Å². The lowest BCUT2D eigenvalue weighted by atomic mass is 10.1. The predicted molar refractivity (Wildman–Crippen MR) is 100 cm³/mol. The molecule has 0 saturated heterocycles. The van der Waals surface area contributed by atoms with Gasteiger partial charge in [-0.25, -0.2) is 0 Å². The molecular weight excluding hydrogens is 268 g/mol. The van der Waals surface area contributed by atoms with Gasteiger partial charge in [0.25, 0.3) is 0 Å². The van der Waals surface area contributed by atoms with Crippen molar-refractivity contribution in [3.8, 4) is 0 Å². The van der Waals surface area contributed by atoms with Crippen LogP contribution in [-0.2, 0) is 0 Å². The third kappa shape index (κ3) is 18.5. The maximum absolute atomic E-state index is 8.42. The molecule has 0 amide bonds. The van der Waals surface area contributed by atoms with Gasteiger partial charge >= 0.3 is 0 Å². The molecule has 0 heterocycles. The SMILES string of the molecule is CCCCCCCCCCCC=CC=CC=CC=CC=CO. The van der Waals surface area contributed by atoms with Gasteiger partial charge in [0.05, 0.1) is 6.26 Å². The molecule has 1 heteroatoms. The molecule has 22 heavy (non-hydrogen) atoms. The molecule has 0 unspecified atom stereocenters. The smallest absolute Gasteiger partial charge is 0.0791 e. The van der Waals surface area contributed by atoms with Gasteiger partial charge in [-0.1, -0.05) is 107 Å². The zero-order valence-electron chi connectivity index (χ0n) is 14.3. The van der Waals surface area contributed by atoms with Gasteiger partial charge in [-0.2, -0.15) is 0 Å². The molecule has 0 aliphatic carbocycles. The molecule has 0 atom stereocenters. The van der Waals surface area contributed by atoms with E-state index in [-0.39, 0.29) is 0 Å². The van der Waals surface area contributed by atoms with Crippen LogP contribution < -0.4 is 0 Å². The van der Waals surface area contributed by atoms with Gasteiger partial charge in [0.15, 0.2) is 0 Å². The van der Waals surface area contributed by atoms with E-state index < -0.39 is 0 Å². The topological polar surface area (TPSA) is 20.2 Å². The molecule has 0 spiro atoms. The molecule has 1 nitrogen and oxygen atoms in total. The monoisotopic (exact) mass is 302 g/mol. The van der Waals surface area contributed by atoms with Crippen LogP contribution in [0, 0.1) is 0 Å². The van der Waals surface area contributed by atoms with Gasteiger partial charge in [0.2, 0.25) is 0 Å². The number of rotatable bonds is 14. The van der Waals surface area contributed by atoms with Crippen LogP contribution in [0.15, 0.2) is 60.9 Å². The number of unbranched alkanes of at least 4 members (excludes halogenated alkanes) is 9. The standard InChI is InChI=1S/C21H34O/c1-2-3-4-5-6-7-8-9-10-11-12-13-14-15-16-17-18-19-20-21-22/h12-22H,2-11H2,1H3. The normalized spacial score (nSPS) is 13.0. The molecule has 124 valence electrons. The number of hydrogen-bond acceptors (Lipinski definition) is 1. The Morgan fingerprint density at radius 3 is 1.55 bits per heavy atom. The third-order valence-corrected chi connectivity index (χ3v) is 3.47. The predicted octanol–water partition coefficient (Wildman–Crippen LogP) is 7.20. The highest BCUT2D eigenvalue weighted by Gasteiger charge is 1.90. The van der Waals surface area contributed by atoms with Gasteiger partial charge in [-0.05, 0) is 18.9 Å². The molecule has 1 N–H and O–H groups in total.